The quantitative estimate of drug-likeness (QED) is 0.519. The molecule has 0 radical (unpaired) electrons. The molecule has 0 aromatic heterocycles. The van der Waals surface area contributed by atoms with Gasteiger partial charge in [0, 0.05) is 7.05 Å². The van der Waals surface area contributed by atoms with Gasteiger partial charge in [0.2, 0.25) is 0 Å². The van der Waals surface area contributed by atoms with Crippen molar-refractivity contribution in [2.24, 2.45) is 0 Å². The van der Waals surface area contributed by atoms with E-state index in [0.717, 1.165) is 11.1 Å². The first-order valence-corrected chi connectivity index (χ1v) is 9.56. The van der Waals surface area contributed by atoms with Crippen LogP contribution < -0.4 is 9.47 Å². The topological polar surface area (TPSA) is 38.8 Å². The third kappa shape index (κ3) is 4.67. The van der Waals surface area contributed by atoms with Crippen molar-refractivity contribution in [2.45, 2.75) is 13.5 Å². The van der Waals surface area contributed by atoms with Gasteiger partial charge in [0.1, 0.15) is 16.7 Å². The van der Waals surface area contributed by atoms with Crippen LogP contribution in [-0.4, -0.2) is 28.8 Å². The van der Waals surface area contributed by atoms with Crippen LogP contribution >= 0.6 is 24.0 Å². The van der Waals surface area contributed by atoms with Gasteiger partial charge in [0.05, 0.1) is 11.5 Å². The molecule has 140 valence electrons. The largest absolute Gasteiger partial charge is 0.490 e. The maximum atomic E-state index is 13.0. The van der Waals surface area contributed by atoms with Crippen LogP contribution in [-0.2, 0) is 11.4 Å². The van der Waals surface area contributed by atoms with Crippen LogP contribution in [0.4, 0.5) is 4.39 Å². The SMILES string of the molecule is CCOc1cc(/C=C2/SC(=S)N(C)C2=O)ccc1OCc1ccc(F)cc1. The van der Waals surface area contributed by atoms with E-state index in [4.69, 9.17) is 21.7 Å². The summed E-state index contributed by atoms with van der Waals surface area (Å²) < 4.78 is 25.0. The zero-order chi connectivity index (χ0) is 19.4. The molecule has 1 aliphatic heterocycles. The van der Waals surface area contributed by atoms with Crippen molar-refractivity contribution < 1.29 is 18.7 Å². The molecule has 0 saturated carbocycles. The van der Waals surface area contributed by atoms with Crippen LogP contribution in [0.15, 0.2) is 47.4 Å². The summed E-state index contributed by atoms with van der Waals surface area (Å²) in [6, 6.07) is 11.6. The number of likely N-dealkylation sites (N-methyl/N-ethyl adjacent to an activating group) is 1. The molecule has 1 aliphatic rings. The minimum absolute atomic E-state index is 0.111. The average Bonchev–Trinajstić information content (AvgIpc) is 2.89. The minimum Gasteiger partial charge on any atom is -0.490 e. The summed E-state index contributed by atoms with van der Waals surface area (Å²) in [6.07, 6.45) is 1.79. The first-order chi connectivity index (χ1) is 13.0. The van der Waals surface area contributed by atoms with Crippen LogP contribution in [0.2, 0.25) is 0 Å². The number of rotatable bonds is 6. The van der Waals surface area contributed by atoms with Gasteiger partial charge in [-0.2, -0.15) is 0 Å². The normalized spacial score (nSPS) is 15.5. The van der Waals surface area contributed by atoms with Gasteiger partial charge in [-0.25, -0.2) is 4.39 Å². The van der Waals surface area contributed by atoms with E-state index < -0.39 is 0 Å². The maximum absolute atomic E-state index is 13.0. The molecular formula is C20H18FNO3S2. The Hall–Kier alpha value is -2.38. The lowest BCUT2D eigenvalue weighted by molar-refractivity contribution is -0.121. The number of hydrogen-bond acceptors (Lipinski definition) is 5. The minimum atomic E-state index is -0.282. The van der Waals surface area contributed by atoms with Gasteiger partial charge >= 0.3 is 0 Å². The lowest BCUT2D eigenvalue weighted by Gasteiger charge is -2.13. The third-order valence-corrected chi connectivity index (χ3v) is 5.34. The fourth-order valence-electron chi connectivity index (χ4n) is 2.44. The highest BCUT2D eigenvalue weighted by molar-refractivity contribution is 8.26. The summed E-state index contributed by atoms with van der Waals surface area (Å²) in [6.45, 7) is 2.67. The number of benzene rings is 2. The van der Waals surface area contributed by atoms with Crippen LogP contribution in [0.25, 0.3) is 6.08 Å². The second kappa shape index (κ2) is 8.54. The van der Waals surface area contributed by atoms with Gasteiger partial charge in [-0.3, -0.25) is 9.69 Å². The van der Waals surface area contributed by atoms with Crippen LogP contribution in [0.5, 0.6) is 11.5 Å². The predicted molar refractivity (Wildman–Crippen MR) is 109 cm³/mol. The molecule has 7 heteroatoms. The summed E-state index contributed by atoms with van der Waals surface area (Å²) in [4.78, 5) is 14.2. The Balaban J connectivity index is 1.79. The van der Waals surface area contributed by atoms with E-state index >= 15 is 0 Å². The van der Waals surface area contributed by atoms with E-state index in [1.807, 2.05) is 19.1 Å². The molecule has 0 spiro atoms. The van der Waals surface area contributed by atoms with E-state index in [1.165, 1.54) is 28.8 Å². The number of thiocarbonyl (C=S) groups is 1. The number of thioether (sulfide) groups is 1. The van der Waals surface area contributed by atoms with Crippen molar-refractivity contribution in [3.8, 4) is 11.5 Å². The Morgan fingerprint density at radius 2 is 1.89 bits per heavy atom. The smallest absolute Gasteiger partial charge is 0.265 e. The van der Waals surface area contributed by atoms with Crippen molar-refractivity contribution in [2.75, 3.05) is 13.7 Å². The molecule has 1 amide bonds. The molecule has 2 aromatic rings. The van der Waals surface area contributed by atoms with E-state index in [1.54, 1.807) is 31.3 Å². The Morgan fingerprint density at radius 1 is 1.15 bits per heavy atom. The van der Waals surface area contributed by atoms with Crippen molar-refractivity contribution in [1.29, 1.82) is 0 Å². The predicted octanol–water partition coefficient (Wildman–Crippen LogP) is 4.63. The van der Waals surface area contributed by atoms with E-state index in [0.29, 0.717) is 33.9 Å². The Kier molecular flexibility index (Phi) is 6.13. The molecule has 1 fully saturated rings. The molecule has 0 bridgehead atoms. The molecule has 1 heterocycles. The molecule has 0 N–H and O–H groups in total. The van der Waals surface area contributed by atoms with Gasteiger partial charge in [0.25, 0.3) is 5.91 Å². The summed E-state index contributed by atoms with van der Waals surface area (Å²) in [7, 11) is 1.66. The van der Waals surface area contributed by atoms with Crippen molar-refractivity contribution in [1.82, 2.24) is 4.90 Å². The highest BCUT2D eigenvalue weighted by Gasteiger charge is 2.28. The first-order valence-electron chi connectivity index (χ1n) is 8.33. The summed E-state index contributed by atoms with van der Waals surface area (Å²) >= 11 is 6.42. The second-order valence-corrected chi connectivity index (χ2v) is 7.47. The van der Waals surface area contributed by atoms with Crippen LogP contribution in [0.3, 0.4) is 0 Å². The number of halogens is 1. The maximum Gasteiger partial charge on any atom is 0.265 e. The number of amides is 1. The molecule has 0 atom stereocenters. The lowest BCUT2D eigenvalue weighted by Crippen LogP contribution is -2.22. The Morgan fingerprint density at radius 3 is 2.52 bits per heavy atom. The summed E-state index contributed by atoms with van der Waals surface area (Å²) in [5.74, 6) is 0.775. The number of carbonyl (C=O) groups excluding carboxylic acids is 1. The molecule has 2 aromatic carbocycles. The van der Waals surface area contributed by atoms with Crippen molar-refractivity contribution in [3.05, 3.63) is 64.3 Å². The fraction of sp³-hybridized carbons (Fsp3) is 0.200. The highest BCUT2D eigenvalue weighted by atomic mass is 32.2. The molecule has 4 nitrogen and oxygen atoms in total. The molecular weight excluding hydrogens is 385 g/mol. The Labute approximate surface area is 167 Å². The Bertz CT molecular complexity index is 897. The van der Waals surface area contributed by atoms with E-state index in [2.05, 4.69) is 0 Å². The number of ether oxygens (including phenoxy) is 2. The van der Waals surface area contributed by atoms with Crippen LogP contribution in [0, 0.1) is 5.82 Å². The third-order valence-electron chi connectivity index (χ3n) is 3.86. The molecule has 1 saturated heterocycles. The van der Waals surface area contributed by atoms with Crippen LogP contribution in [0.1, 0.15) is 18.1 Å². The monoisotopic (exact) mass is 403 g/mol. The van der Waals surface area contributed by atoms with Gasteiger partial charge in [0.15, 0.2) is 11.5 Å². The van der Waals surface area contributed by atoms with Gasteiger partial charge in [-0.1, -0.05) is 42.2 Å². The standard InChI is InChI=1S/C20H18FNO3S2/c1-3-24-17-10-14(11-18-19(23)22(2)20(26)27-18)6-9-16(17)25-12-13-4-7-15(21)8-5-13/h4-11H,3,12H2,1-2H3/b18-11+. The van der Waals surface area contributed by atoms with Gasteiger partial charge in [-0.15, -0.1) is 0 Å². The molecule has 27 heavy (non-hydrogen) atoms. The number of hydrogen-bond donors (Lipinski definition) is 0. The van der Waals surface area contributed by atoms with Gasteiger partial charge < -0.3 is 9.47 Å². The zero-order valence-electron chi connectivity index (χ0n) is 14.9. The highest BCUT2D eigenvalue weighted by Crippen LogP contribution is 2.34. The van der Waals surface area contributed by atoms with Gasteiger partial charge in [-0.05, 0) is 48.4 Å². The lowest BCUT2D eigenvalue weighted by atomic mass is 10.1. The molecule has 0 unspecified atom stereocenters. The second-order valence-electron chi connectivity index (χ2n) is 5.80. The summed E-state index contributed by atoms with van der Waals surface area (Å²) in [5.41, 5.74) is 1.68. The van der Waals surface area contributed by atoms with Crippen molar-refractivity contribution >= 4 is 40.3 Å². The average molecular weight is 404 g/mol. The molecule has 0 aliphatic carbocycles. The molecule has 3 rings (SSSR count). The first kappa shape index (κ1) is 19.4. The number of carbonyl (C=O) groups is 1. The van der Waals surface area contributed by atoms with Crippen molar-refractivity contribution in [3.63, 3.8) is 0 Å². The van der Waals surface area contributed by atoms with E-state index in [-0.39, 0.29) is 11.7 Å². The zero-order valence-corrected chi connectivity index (χ0v) is 16.5. The summed E-state index contributed by atoms with van der Waals surface area (Å²) in [5, 5.41) is 0. The fourth-order valence-corrected chi connectivity index (χ4v) is 3.62. The number of nitrogens with zero attached hydrogens (tertiary/aromatic N) is 1. The van der Waals surface area contributed by atoms with E-state index in [9.17, 15) is 9.18 Å².